The first kappa shape index (κ1) is 63.2. The molecule has 382 valence electrons. The average molecular weight is 939 g/mol. The number of phosphoric acid groups is 1. The fourth-order valence-corrected chi connectivity index (χ4v) is 8.41. The van der Waals surface area contributed by atoms with Gasteiger partial charge in [0.05, 0.1) is 27.7 Å². The number of hydrogen-bond acceptors (Lipinski definition) is 7. The molecule has 0 rings (SSSR count). The summed E-state index contributed by atoms with van der Waals surface area (Å²) in [5.74, 6) is -0.795. The lowest BCUT2D eigenvalue weighted by Gasteiger charge is -2.24. The van der Waals surface area contributed by atoms with E-state index in [9.17, 15) is 19.0 Å². The Labute approximate surface area is 401 Å². The van der Waals surface area contributed by atoms with Crippen LogP contribution in [0.25, 0.3) is 0 Å². The molecule has 0 radical (unpaired) electrons. The first-order chi connectivity index (χ1) is 31.5. The summed E-state index contributed by atoms with van der Waals surface area (Å²) >= 11 is 0. The molecule has 0 saturated carbocycles. The van der Waals surface area contributed by atoms with E-state index in [-0.39, 0.29) is 25.6 Å². The van der Waals surface area contributed by atoms with Gasteiger partial charge in [-0.1, -0.05) is 224 Å². The van der Waals surface area contributed by atoms with Gasteiger partial charge in [0, 0.05) is 12.8 Å². The molecule has 0 fully saturated rings. The van der Waals surface area contributed by atoms with Crippen LogP contribution in [0.4, 0.5) is 0 Å². The number of nitrogens with zero attached hydrogens (tertiary/aromatic N) is 1. The zero-order valence-corrected chi connectivity index (χ0v) is 44.1. The molecule has 9 nitrogen and oxygen atoms in total. The largest absolute Gasteiger partial charge is 0.472 e. The summed E-state index contributed by atoms with van der Waals surface area (Å²) in [7, 11) is 1.48. The van der Waals surface area contributed by atoms with Gasteiger partial charge in [-0.05, 0) is 51.4 Å². The Balaban J connectivity index is 4.22. The second-order valence-corrected chi connectivity index (χ2v) is 21.1. The lowest BCUT2D eigenvalue weighted by atomic mass is 10.0. The number of rotatable bonds is 50. The fraction of sp³-hybridized carbons (Fsp3) is 0.855. The van der Waals surface area contributed by atoms with Crippen LogP contribution in [-0.4, -0.2) is 74.9 Å². The first-order valence-electron chi connectivity index (χ1n) is 27.2. The van der Waals surface area contributed by atoms with Crippen molar-refractivity contribution in [3.8, 4) is 0 Å². The first-order valence-corrected chi connectivity index (χ1v) is 28.7. The molecular weight excluding hydrogens is 834 g/mol. The SMILES string of the molecule is CCCCCCC/C=C\C/C=C\C/C=C\CCCCCCCCCCC(=O)OC(COC(=O)CCCCCCCCCCCCCCCCCCCC)COP(=O)(O)OCC[N+](C)(C)C. The van der Waals surface area contributed by atoms with Gasteiger partial charge in [0.25, 0.3) is 0 Å². The third-order valence-corrected chi connectivity index (χ3v) is 12.9. The van der Waals surface area contributed by atoms with E-state index < -0.39 is 26.5 Å². The molecule has 1 N–H and O–H groups in total. The van der Waals surface area contributed by atoms with E-state index in [0.717, 1.165) is 57.8 Å². The number of quaternary nitrogens is 1. The third kappa shape index (κ3) is 51.5. The number of carbonyl (C=O) groups is 2. The number of likely N-dealkylation sites (N-methyl/N-ethyl adjacent to an activating group) is 1. The molecule has 0 aliphatic heterocycles. The van der Waals surface area contributed by atoms with E-state index in [2.05, 4.69) is 50.3 Å². The number of ether oxygens (including phenoxy) is 2. The summed E-state index contributed by atoms with van der Waals surface area (Å²) in [5, 5.41) is 0. The van der Waals surface area contributed by atoms with Crippen molar-refractivity contribution in [2.75, 3.05) is 47.5 Å². The summed E-state index contributed by atoms with van der Waals surface area (Å²) < 4.78 is 34.5. The number of unbranched alkanes of at least 4 members (excludes halogenated alkanes) is 30. The molecule has 0 aromatic heterocycles. The average Bonchev–Trinajstić information content (AvgIpc) is 3.26. The third-order valence-electron chi connectivity index (χ3n) is 11.9. The second-order valence-electron chi connectivity index (χ2n) is 19.6. The Morgan fingerprint density at radius 1 is 0.477 bits per heavy atom. The molecule has 0 aromatic rings. The van der Waals surface area contributed by atoms with Gasteiger partial charge in [-0.15, -0.1) is 0 Å². The molecule has 0 saturated heterocycles. The lowest BCUT2D eigenvalue weighted by molar-refractivity contribution is -0.870. The van der Waals surface area contributed by atoms with Gasteiger partial charge < -0.3 is 18.9 Å². The van der Waals surface area contributed by atoms with Crippen LogP contribution in [0.15, 0.2) is 36.5 Å². The van der Waals surface area contributed by atoms with Crippen LogP contribution in [0.1, 0.15) is 251 Å². The molecule has 0 aromatic carbocycles. The highest BCUT2D eigenvalue weighted by Crippen LogP contribution is 2.43. The minimum Gasteiger partial charge on any atom is -0.462 e. The summed E-state index contributed by atoms with van der Waals surface area (Å²) in [6.45, 7) is 4.45. The minimum atomic E-state index is -4.38. The van der Waals surface area contributed by atoms with E-state index in [0.29, 0.717) is 23.9 Å². The van der Waals surface area contributed by atoms with Gasteiger partial charge in [-0.2, -0.15) is 0 Å². The quantitative estimate of drug-likeness (QED) is 0.0211. The molecular formula is C55H105NO8P+. The number of phosphoric ester groups is 1. The smallest absolute Gasteiger partial charge is 0.462 e. The zero-order chi connectivity index (χ0) is 47.8. The maximum Gasteiger partial charge on any atom is 0.472 e. The Morgan fingerprint density at radius 3 is 1.23 bits per heavy atom. The molecule has 2 atom stereocenters. The van der Waals surface area contributed by atoms with Crippen molar-refractivity contribution in [1.29, 1.82) is 0 Å². The Kier molecular flexibility index (Phi) is 46.0. The summed E-state index contributed by atoms with van der Waals surface area (Å²) in [6.07, 6.45) is 56.2. The standard InChI is InChI=1S/C55H104NO8P/c1-6-8-10-12-14-16-18-20-22-24-26-27-28-29-30-32-34-36-38-40-42-44-46-48-55(58)64-53(52-63-65(59,60)62-50-49-56(3,4)5)51-61-54(57)47-45-43-41-39-37-35-33-31-25-23-21-19-17-15-13-11-9-7-2/h18,20,24,26,28-29,53H,6-17,19,21-23,25,27,30-52H2,1-5H3/p+1/b20-18-,26-24-,29-28-. The highest BCUT2D eigenvalue weighted by Gasteiger charge is 2.27. The monoisotopic (exact) mass is 939 g/mol. The predicted octanol–water partition coefficient (Wildman–Crippen LogP) is 16.4. The van der Waals surface area contributed by atoms with Crippen LogP contribution >= 0.6 is 7.82 Å². The number of hydrogen-bond donors (Lipinski definition) is 1. The van der Waals surface area contributed by atoms with Crippen LogP contribution in [0.5, 0.6) is 0 Å². The van der Waals surface area contributed by atoms with Crippen LogP contribution in [-0.2, 0) is 32.7 Å². The van der Waals surface area contributed by atoms with Crippen LogP contribution < -0.4 is 0 Å². The molecule has 0 bridgehead atoms. The molecule has 0 aliphatic carbocycles. The van der Waals surface area contributed by atoms with Gasteiger partial charge in [-0.3, -0.25) is 18.6 Å². The van der Waals surface area contributed by atoms with E-state index in [4.69, 9.17) is 18.5 Å². The maximum absolute atomic E-state index is 12.8. The van der Waals surface area contributed by atoms with Gasteiger partial charge in [0.2, 0.25) is 0 Å². The Hall–Kier alpha value is -1.77. The Morgan fingerprint density at radius 2 is 0.831 bits per heavy atom. The lowest BCUT2D eigenvalue weighted by Crippen LogP contribution is -2.37. The summed E-state index contributed by atoms with van der Waals surface area (Å²) in [6, 6.07) is 0. The molecule has 65 heavy (non-hydrogen) atoms. The van der Waals surface area contributed by atoms with Gasteiger partial charge in [0.1, 0.15) is 19.8 Å². The molecule has 2 unspecified atom stereocenters. The van der Waals surface area contributed by atoms with Crippen molar-refractivity contribution in [3.63, 3.8) is 0 Å². The van der Waals surface area contributed by atoms with Gasteiger partial charge >= 0.3 is 19.8 Å². The van der Waals surface area contributed by atoms with Crippen molar-refractivity contribution in [3.05, 3.63) is 36.5 Å². The van der Waals surface area contributed by atoms with Crippen LogP contribution in [0, 0.1) is 0 Å². The molecule has 0 heterocycles. The number of esters is 2. The van der Waals surface area contributed by atoms with Crippen molar-refractivity contribution < 1.29 is 42.1 Å². The van der Waals surface area contributed by atoms with Crippen molar-refractivity contribution in [2.24, 2.45) is 0 Å². The number of carbonyl (C=O) groups excluding carboxylic acids is 2. The van der Waals surface area contributed by atoms with Crippen LogP contribution in [0.3, 0.4) is 0 Å². The van der Waals surface area contributed by atoms with Crippen molar-refractivity contribution >= 4 is 19.8 Å². The van der Waals surface area contributed by atoms with E-state index in [1.165, 1.54) is 161 Å². The predicted molar refractivity (Wildman–Crippen MR) is 275 cm³/mol. The summed E-state index contributed by atoms with van der Waals surface area (Å²) in [5.41, 5.74) is 0. The molecule has 0 aliphatic rings. The van der Waals surface area contributed by atoms with Gasteiger partial charge in [0.15, 0.2) is 6.10 Å². The topological polar surface area (TPSA) is 108 Å². The van der Waals surface area contributed by atoms with Crippen molar-refractivity contribution in [1.82, 2.24) is 0 Å². The van der Waals surface area contributed by atoms with E-state index in [1.807, 2.05) is 21.1 Å². The molecule has 10 heteroatoms. The minimum absolute atomic E-state index is 0.0312. The Bertz CT molecular complexity index is 1200. The maximum atomic E-state index is 12.8. The van der Waals surface area contributed by atoms with Crippen LogP contribution in [0.2, 0.25) is 0 Å². The van der Waals surface area contributed by atoms with E-state index >= 15 is 0 Å². The molecule has 0 spiro atoms. The number of allylic oxidation sites excluding steroid dienone is 6. The fourth-order valence-electron chi connectivity index (χ4n) is 7.67. The summed E-state index contributed by atoms with van der Waals surface area (Å²) in [4.78, 5) is 35.6. The van der Waals surface area contributed by atoms with Gasteiger partial charge in [-0.25, -0.2) is 4.57 Å². The van der Waals surface area contributed by atoms with E-state index in [1.54, 1.807) is 0 Å². The highest BCUT2D eigenvalue weighted by atomic mass is 31.2. The second kappa shape index (κ2) is 47.3. The zero-order valence-electron chi connectivity index (χ0n) is 43.2. The highest BCUT2D eigenvalue weighted by molar-refractivity contribution is 7.47. The molecule has 0 amide bonds. The van der Waals surface area contributed by atoms with Crippen molar-refractivity contribution in [2.45, 2.75) is 258 Å². The normalized spacial score (nSPS) is 13.6.